The van der Waals surface area contributed by atoms with Gasteiger partial charge in [0.1, 0.15) is 24.0 Å². The lowest BCUT2D eigenvalue weighted by Gasteiger charge is -2.25. The Morgan fingerprint density at radius 2 is 2.12 bits per heavy atom. The molecule has 0 unspecified atom stereocenters. The van der Waals surface area contributed by atoms with Crippen molar-refractivity contribution in [2.45, 2.75) is 58.7 Å². The van der Waals surface area contributed by atoms with Crippen molar-refractivity contribution in [3.8, 4) is 5.75 Å². The van der Waals surface area contributed by atoms with Crippen LogP contribution in [0.15, 0.2) is 49.2 Å². The lowest BCUT2D eigenvalue weighted by Crippen LogP contribution is -2.37. The fraction of sp³-hybridized carbons (Fsp3) is 0.440. The quantitative estimate of drug-likeness (QED) is 0.429. The van der Waals surface area contributed by atoms with Gasteiger partial charge in [0.15, 0.2) is 0 Å². The molecule has 2 aromatic heterocycles. The van der Waals surface area contributed by atoms with E-state index in [1.54, 1.807) is 12.5 Å². The van der Waals surface area contributed by atoms with Crippen molar-refractivity contribution in [3.05, 3.63) is 66.1 Å². The molecule has 1 aliphatic heterocycles. The highest BCUT2D eigenvalue weighted by atomic mass is 16.5. The molecule has 0 bridgehead atoms. The molecule has 0 saturated carbocycles. The molecule has 8 nitrogen and oxygen atoms in total. The number of rotatable bonds is 12. The number of carbonyl (C=O) groups excluding carboxylic acids is 1. The number of anilines is 1. The number of hydrogen-bond acceptors (Lipinski definition) is 6. The molecule has 0 saturated heterocycles. The van der Waals surface area contributed by atoms with Crippen LogP contribution >= 0.6 is 0 Å². The number of carbonyl (C=O) groups is 1. The average Bonchev–Trinajstić information content (AvgIpc) is 3.46. The normalized spacial score (nSPS) is 13.1. The molecular weight excluding hydrogens is 416 g/mol. The van der Waals surface area contributed by atoms with Crippen molar-refractivity contribution in [3.63, 3.8) is 0 Å². The fourth-order valence-corrected chi connectivity index (χ4v) is 4.15. The first-order chi connectivity index (χ1) is 16.2. The Kier molecular flexibility index (Phi) is 7.67. The number of aromatic nitrogens is 4. The summed E-state index contributed by atoms with van der Waals surface area (Å²) in [4.78, 5) is 27.7. The lowest BCUT2D eigenvalue weighted by atomic mass is 10.1. The van der Waals surface area contributed by atoms with Gasteiger partial charge in [0.25, 0.3) is 0 Å². The van der Waals surface area contributed by atoms with Crippen molar-refractivity contribution < 1.29 is 9.53 Å². The van der Waals surface area contributed by atoms with Gasteiger partial charge in [0.2, 0.25) is 5.91 Å². The molecule has 3 heterocycles. The van der Waals surface area contributed by atoms with E-state index in [0.29, 0.717) is 19.4 Å². The number of nitrogens with zero attached hydrogens (tertiary/aromatic N) is 5. The second-order valence-corrected chi connectivity index (χ2v) is 8.27. The molecule has 33 heavy (non-hydrogen) atoms. The van der Waals surface area contributed by atoms with E-state index >= 15 is 0 Å². The highest BCUT2D eigenvalue weighted by Gasteiger charge is 2.33. The van der Waals surface area contributed by atoms with Crippen LogP contribution < -0.4 is 15.0 Å². The molecule has 174 valence electrons. The monoisotopic (exact) mass is 448 g/mol. The highest BCUT2D eigenvalue weighted by molar-refractivity contribution is 6.00. The number of amides is 1. The molecular formula is C25H32N6O2. The van der Waals surface area contributed by atoms with Gasteiger partial charge in [-0.1, -0.05) is 26.0 Å². The summed E-state index contributed by atoms with van der Waals surface area (Å²) in [6, 6.07) is 8.33. The molecule has 1 aromatic carbocycles. The summed E-state index contributed by atoms with van der Waals surface area (Å²) in [6.45, 7) is 7.09. The van der Waals surface area contributed by atoms with Gasteiger partial charge in [0.05, 0.1) is 19.3 Å². The summed E-state index contributed by atoms with van der Waals surface area (Å²) >= 11 is 0. The predicted molar refractivity (Wildman–Crippen MR) is 127 cm³/mol. The summed E-state index contributed by atoms with van der Waals surface area (Å²) in [7, 11) is 0. The van der Waals surface area contributed by atoms with Gasteiger partial charge in [-0.25, -0.2) is 15.0 Å². The molecule has 1 amide bonds. The van der Waals surface area contributed by atoms with E-state index < -0.39 is 0 Å². The van der Waals surface area contributed by atoms with Gasteiger partial charge < -0.3 is 14.6 Å². The third-order valence-corrected chi connectivity index (χ3v) is 5.97. The number of hydrogen-bond donors (Lipinski definition) is 1. The van der Waals surface area contributed by atoms with Gasteiger partial charge in [-0.15, -0.1) is 0 Å². The van der Waals surface area contributed by atoms with Crippen LogP contribution in [0.25, 0.3) is 0 Å². The minimum Gasteiger partial charge on any atom is -0.492 e. The van der Waals surface area contributed by atoms with E-state index in [1.807, 2.05) is 34.0 Å². The molecule has 0 fully saturated rings. The maximum atomic E-state index is 12.5. The first-order valence-electron chi connectivity index (χ1n) is 11.7. The summed E-state index contributed by atoms with van der Waals surface area (Å²) in [5.41, 5.74) is 2.10. The van der Waals surface area contributed by atoms with Crippen molar-refractivity contribution in [1.29, 1.82) is 0 Å². The fourth-order valence-electron chi connectivity index (χ4n) is 4.15. The summed E-state index contributed by atoms with van der Waals surface area (Å²) in [5, 5.41) is 3.46. The maximum absolute atomic E-state index is 12.5. The Labute approximate surface area is 195 Å². The van der Waals surface area contributed by atoms with E-state index in [-0.39, 0.29) is 11.9 Å². The second-order valence-electron chi connectivity index (χ2n) is 8.27. The van der Waals surface area contributed by atoms with Gasteiger partial charge in [-0.3, -0.25) is 9.69 Å². The van der Waals surface area contributed by atoms with Crippen molar-refractivity contribution in [2.24, 2.45) is 0 Å². The zero-order valence-electron chi connectivity index (χ0n) is 19.4. The molecule has 1 N–H and O–H groups in total. The van der Waals surface area contributed by atoms with Crippen LogP contribution in [0.5, 0.6) is 5.75 Å². The van der Waals surface area contributed by atoms with Crippen LogP contribution in [-0.4, -0.2) is 44.6 Å². The van der Waals surface area contributed by atoms with E-state index in [2.05, 4.69) is 41.3 Å². The van der Waals surface area contributed by atoms with Gasteiger partial charge in [0, 0.05) is 49.7 Å². The standard InChI is InChI=1S/C25H32N6O2/c1-3-21(4-2)31-24(32)15-20-17-28-23(29-25(20)31)8-9-26-16-19-6-5-7-22(14-19)33-13-12-30-11-10-27-18-30/h5-7,10-11,14,17-18,21,26H,3-4,8-9,12-13,15-16H2,1-2H3. The van der Waals surface area contributed by atoms with E-state index in [0.717, 1.165) is 61.0 Å². The minimum atomic E-state index is 0.135. The number of fused-ring (bicyclic) bond motifs is 1. The Morgan fingerprint density at radius 1 is 1.24 bits per heavy atom. The van der Waals surface area contributed by atoms with Crippen LogP contribution in [0.1, 0.15) is 43.6 Å². The van der Waals surface area contributed by atoms with Crippen molar-refractivity contribution >= 4 is 11.7 Å². The predicted octanol–water partition coefficient (Wildman–Crippen LogP) is 3.16. The van der Waals surface area contributed by atoms with E-state index in [9.17, 15) is 4.79 Å². The second kappa shape index (κ2) is 11.0. The summed E-state index contributed by atoms with van der Waals surface area (Å²) in [5.74, 6) is 2.57. The average molecular weight is 449 g/mol. The Balaban J connectivity index is 1.26. The van der Waals surface area contributed by atoms with Crippen LogP contribution in [0.2, 0.25) is 0 Å². The van der Waals surface area contributed by atoms with Crippen molar-refractivity contribution in [2.75, 3.05) is 18.1 Å². The third-order valence-electron chi connectivity index (χ3n) is 5.97. The van der Waals surface area contributed by atoms with Crippen LogP contribution in [0, 0.1) is 0 Å². The largest absolute Gasteiger partial charge is 0.492 e. The molecule has 8 heteroatoms. The smallest absolute Gasteiger partial charge is 0.233 e. The molecule has 0 atom stereocenters. The summed E-state index contributed by atoms with van der Waals surface area (Å²) in [6.07, 6.45) is 10.3. The highest BCUT2D eigenvalue weighted by Crippen LogP contribution is 2.30. The van der Waals surface area contributed by atoms with Crippen molar-refractivity contribution in [1.82, 2.24) is 24.8 Å². The number of ether oxygens (including phenoxy) is 1. The molecule has 1 aliphatic rings. The van der Waals surface area contributed by atoms with Gasteiger partial charge >= 0.3 is 0 Å². The number of nitrogens with one attached hydrogen (secondary N) is 1. The van der Waals surface area contributed by atoms with Crippen LogP contribution in [0.4, 0.5) is 5.82 Å². The number of imidazole rings is 1. The van der Waals surface area contributed by atoms with E-state index in [1.165, 1.54) is 0 Å². The van der Waals surface area contributed by atoms with Gasteiger partial charge in [-0.05, 0) is 30.5 Å². The maximum Gasteiger partial charge on any atom is 0.233 e. The lowest BCUT2D eigenvalue weighted by molar-refractivity contribution is -0.117. The first kappa shape index (κ1) is 22.9. The zero-order chi connectivity index (χ0) is 23.0. The molecule has 4 rings (SSSR count). The minimum absolute atomic E-state index is 0.135. The summed E-state index contributed by atoms with van der Waals surface area (Å²) < 4.78 is 7.86. The first-order valence-corrected chi connectivity index (χ1v) is 11.7. The van der Waals surface area contributed by atoms with Gasteiger partial charge in [-0.2, -0.15) is 0 Å². The number of benzene rings is 1. The van der Waals surface area contributed by atoms with Crippen LogP contribution in [0.3, 0.4) is 0 Å². The van der Waals surface area contributed by atoms with E-state index in [4.69, 9.17) is 9.72 Å². The van der Waals surface area contributed by atoms with Crippen LogP contribution in [-0.2, 0) is 30.7 Å². The molecule has 0 radical (unpaired) electrons. The SMILES string of the molecule is CCC(CC)N1C(=O)Cc2cnc(CCNCc3cccc(OCCn4ccnc4)c3)nc21. The third kappa shape index (κ3) is 5.76. The zero-order valence-corrected chi connectivity index (χ0v) is 19.4. The molecule has 3 aromatic rings. The molecule has 0 aliphatic carbocycles. The Hall–Kier alpha value is -3.26. The Bertz CT molecular complexity index is 1050. The Morgan fingerprint density at radius 3 is 2.91 bits per heavy atom. The topological polar surface area (TPSA) is 85.2 Å². The molecule has 0 spiro atoms.